The molecule has 0 spiro atoms. The van der Waals surface area contributed by atoms with E-state index in [-0.39, 0.29) is 5.54 Å². The third-order valence-corrected chi connectivity index (χ3v) is 4.65. The molecule has 0 amide bonds. The zero-order valence-corrected chi connectivity index (χ0v) is 13.4. The topological polar surface area (TPSA) is 12.0 Å². The van der Waals surface area contributed by atoms with E-state index in [2.05, 4.69) is 39.9 Å². The quantitative estimate of drug-likeness (QED) is 0.641. The van der Waals surface area contributed by atoms with E-state index in [9.17, 15) is 0 Å². The lowest BCUT2D eigenvalue weighted by Gasteiger charge is -2.40. The van der Waals surface area contributed by atoms with Gasteiger partial charge >= 0.3 is 0 Å². The van der Waals surface area contributed by atoms with Gasteiger partial charge in [0.15, 0.2) is 0 Å². The Morgan fingerprint density at radius 3 is 2.22 bits per heavy atom. The first-order valence-corrected chi connectivity index (χ1v) is 8.21. The summed E-state index contributed by atoms with van der Waals surface area (Å²) in [6.45, 7) is 12.7. The molecule has 1 saturated carbocycles. The Bertz CT molecular complexity index is 216. The van der Waals surface area contributed by atoms with Crippen molar-refractivity contribution in [1.29, 1.82) is 0 Å². The highest BCUT2D eigenvalue weighted by atomic mass is 14.9. The van der Waals surface area contributed by atoms with Crippen molar-refractivity contribution in [3.05, 3.63) is 0 Å². The fourth-order valence-electron chi connectivity index (χ4n) is 3.06. The van der Waals surface area contributed by atoms with Crippen LogP contribution in [-0.4, -0.2) is 12.1 Å². The van der Waals surface area contributed by atoms with Gasteiger partial charge in [-0.15, -0.1) is 0 Å². The highest BCUT2D eigenvalue weighted by Crippen LogP contribution is 2.40. The van der Waals surface area contributed by atoms with Crippen molar-refractivity contribution in [3.63, 3.8) is 0 Å². The molecule has 108 valence electrons. The van der Waals surface area contributed by atoms with Crippen molar-refractivity contribution in [2.24, 2.45) is 17.8 Å². The fourth-order valence-corrected chi connectivity index (χ4v) is 3.06. The molecule has 0 aromatic carbocycles. The summed E-state index contributed by atoms with van der Waals surface area (Å²) in [7, 11) is 0. The normalized spacial score (nSPS) is 25.8. The molecule has 18 heavy (non-hydrogen) atoms. The highest BCUT2D eigenvalue weighted by molar-refractivity contribution is 4.85. The van der Waals surface area contributed by atoms with E-state index in [1.807, 2.05) is 0 Å². The van der Waals surface area contributed by atoms with Gasteiger partial charge in [-0.2, -0.15) is 0 Å². The van der Waals surface area contributed by atoms with Crippen molar-refractivity contribution in [1.82, 2.24) is 5.32 Å². The predicted molar refractivity (Wildman–Crippen MR) is 81.9 cm³/mol. The van der Waals surface area contributed by atoms with E-state index in [1.54, 1.807) is 0 Å². The third kappa shape index (κ3) is 5.73. The van der Waals surface area contributed by atoms with Gasteiger partial charge in [-0.3, -0.25) is 0 Å². The number of unbranched alkanes of at least 4 members (excludes halogenated alkanes) is 1. The molecule has 1 N–H and O–H groups in total. The maximum absolute atomic E-state index is 3.69. The summed E-state index contributed by atoms with van der Waals surface area (Å²) in [6, 6.07) is 0. The van der Waals surface area contributed by atoms with E-state index < -0.39 is 0 Å². The summed E-state index contributed by atoms with van der Waals surface area (Å²) in [5, 5.41) is 3.69. The van der Waals surface area contributed by atoms with Crippen molar-refractivity contribution in [2.75, 3.05) is 6.54 Å². The summed E-state index contributed by atoms with van der Waals surface area (Å²) < 4.78 is 0. The molecular weight excluding hydrogens is 218 g/mol. The van der Waals surface area contributed by atoms with Crippen molar-refractivity contribution >= 4 is 0 Å². The first kappa shape index (κ1) is 16.0. The monoisotopic (exact) mass is 253 g/mol. The van der Waals surface area contributed by atoms with Crippen LogP contribution in [0.5, 0.6) is 0 Å². The molecule has 1 aliphatic carbocycles. The van der Waals surface area contributed by atoms with Crippen LogP contribution in [0.15, 0.2) is 0 Å². The van der Waals surface area contributed by atoms with Crippen LogP contribution < -0.4 is 5.32 Å². The number of hydrogen-bond acceptors (Lipinski definition) is 1. The van der Waals surface area contributed by atoms with Crippen LogP contribution in [0.3, 0.4) is 0 Å². The maximum Gasteiger partial charge on any atom is 0.00966 e. The second-order valence-electron chi connectivity index (χ2n) is 7.38. The Hall–Kier alpha value is -0.0400. The Labute approximate surface area is 115 Å². The molecule has 1 rings (SSSR count). The standard InChI is InChI=1S/C17H35N/c1-6-8-9-14(7-2)12-15-10-11-16(15)13-18-17(3,4)5/h14-16,18H,6-13H2,1-5H3. The maximum atomic E-state index is 3.69. The molecule has 1 aliphatic rings. The Morgan fingerprint density at radius 2 is 1.78 bits per heavy atom. The van der Waals surface area contributed by atoms with Crippen LogP contribution in [0, 0.1) is 17.8 Å². The molecule has 0 heterocycles. The summed E-state index contributed by atoms with van der Waals surface area (Å²) in [5.41, 5.74) is 0.284. The minimum absolute atomic E-state index is 0.284. The summed E-state index contributed by atoms with van der Waals surface area (Å²) in [5.74, 6) is 2.97. The second kappa shape index (κ2) is 7.53. The molecular formula is C17H35N. The Balaban J connectivity index is 2.25. The summed E-state index contributed by atoms with van der Waals surface area (Å²) in [6.07, 6.45) is 10.1. The van der Waals surface area contributed by atoms with Gasteiger partial charge in [0.25, 0.3) is 0 Å². The molecule has 1 heteroatoms. The minimum atomic E-state index is 0.284. The van der Waals surface area contributed by atoms with Crippen LogP contribution in [0.1, 0.15) is 79.6 Å². The smallest absolute Gasteiger partial charge is 0.00966 e. The molecule has 0 aliphatic heterocycles. The Kier molecular flexibility index (Phi) is 6.70. The average molecular weight is 253 g/mol. The van der Waals surface area contributed by atoms with Gasteiger partial charge in [0.2, 0.25) is 0 Å². The molecule has 3 unspecified atom stereocenters. The fraction of sp³-hybridized carbons (Fsp3) is 1.00. The van der Waals surface area contributed by atoms with E-state index in [1.165, 1.54) is 51.5 Å². The first-order valence-electron chi connectivity index (χ1n) is 8.21. The lowest BCUT2D eigenvalue weighted by Crippen LogP contribution is -2.44. The number of rotatable bonds is 8. The van der Waals surface area contributed by atoms with Gasteiger partial charge in [0.1, 0.15) is 0 Å². The zero-order valence-electron chi connectivity index (χ0n) is 13.4. The van der Waals surface area contributed by atoms with Gasteiger partial charge < -0.3 is 5.32 Å². The predicted octanol–water partition coefficient (Wildman–Crippen LogP) is 5.01. The highest BCUT2D eigenvalue weighted by Gasteiger charge is 2.32. The van der Waals surface area contributed by atoms with Crippen LogP contribution >= 0.6 is 0 Å². The summed E-state index contributed by atoms with van der Waals surface area (Å²) >= 11 is 0. The minimum Gasteiger partial charge on any atom is -0.312 e. The van der Waals surface area contributed by atoms with Crippen molar-refractivity contribution in [2.45, 2.75) is 85.1 Å². The van der Waals surface area contributed by atoms with E-state index >= 15 is 0 Å². The zero-order chi connectivity index (χ0) is 13.6. The van der Waals surface area contributed by atoms with Gasteiger partial charge in [0, 0.05) is 5.54 Å². The lowest BCUT2D eigenvalue weighted by atomic mass is 9.68. The molecule has 0 saturated heterocycles. The molecule has 0 radical (unpaired) electrons. The number of nitrogens with one attached hydrogen (secondary N) is 1. The largest absolute Gasteiger partial charge is 0.312 e. The summed E-state index contributed by atoms with van der Waals surface area (Å²) in [4.78, 5) is 0. The lowest BCUT2D eigenvalue weighted by molar-refractivity contribution is 0.125. The van der Waals surface area contributed by atoms with Gasteiger partial charge in [-0.25, -0.2) is 0 Å². The van der Waals surface area contributed by atoms with E-state index in [0.717, 1.165) is 17.8 Å². The van der Waals surface area contributed by atoms with Crippen molar-refractivity contribution < 1.29 is 0 Å². The van der Waals surface area contributed by atoms with Gasteiger partial charge in [-0.1, -0.05) is 39.5 Å². The molecule has 0 aromatic rings. The van der Waals surface area contributed by atoms with E-state index in [4.69, 9.17) is 0 Å². The third-order valence-electron chi connectivity index (χ3n) is 4.65. The van der Waals surface area contributed by atoms with Crippen LogP contribution in [0.4, 0.5) is 0 Å². The molecule has 3 atom stereocenters. The molecule has 0 bridgehead atoms. The molecule has 1 nitrogen and oxygen atoms in total. The Morgan fingerprint density at radius 1 is 1.11 bits per heavy atom. The van der Waals surface area contributed by atoms with Gasteiger partial charge in [0.05, 0.1) is 0 Å². The van der Waals surface area contributed by atoms with Crippen LogP contribution in [-0.2, 0) is 0 Å². The van der Waals surface area contributed by atoms with Crippen LogP contribution in [0.25, 0.3) is 0 Å². The average Bonchev–Trinajstić information content (AvgIpc) is 2.26. The SMILES string of the molecule is CCCCC(CC)CC1CCC1CNC(C)(C)C. The van der Waals surface area contributed by atoms with E-state index in [0.29, 0.717) is 0 Å². The van der Waals surface area contributed by atoms with Gasteiger partial charge in [-0.05, 0) is 64.3 Å². The van der Waals surface area contributed by atoms with Crippen LogP contribution in [0.2, 0.25) is 0 Å². The molecule has 0 aromatic heterocycles. The second-order valence-corrected chi connectivity index (χ2v) is 7.38. The first-order chi connectivity index (χ1) is 8.46. The number of hydrogen-bond donors (Lipinski definition) is 1. The molecule has 1 fully saturated rings. The van der Waals surface area contributed by atoms with Crippen molar-refractivity contribution in [3.8, 4) is 0 Å².